The molecule has 0 radical (unpaired) electrons. The Morgan fingerprint density at radius 2 is 1.68 bits per heavy atom. The second-order valence-electron chi connectivity index (χ2n) is 9.50. The Morgan fingerprint density at radius 1 is 1.03 bits per heavy atom. The minimum atomic E-state index is -0.375. The molecule has 1 saturated heterocycles. The Hall–Kier alpha value is -1.95. The quantitative estimate of drug-likeness (QED) is 0.393. The zero-order chi connectivity index (χ0) is 22.4. The number of hydrogen-bond acceptors (Lipinski definition) is 3. The van der Waals surface area contributed by atoms with Crippen LogP contribution in [0.5, 0.6) is 5.75 Å². The van der Waals surface area contributed by atoms with Gasteiger partial charge in [0.25, 0.3) is 0 Å². The molecule has 1 aliphatic rings. The lowest BCUT2D eigenvalue weighted by atomic mass is 9.77. The predicted octanol–water partition coefficient (Wildman–Crippen LogP) is 5.75. The summed E-state index contributed by atoms with van der Waals surface area (Å²) in [7, 11) is -0.375. The number of nitrogens with one attached hydrogen (secondary N) is 1. The van der Waals surface area contributed by atoms with E-state index >= 15 is 0 Å². The van der Waals surface area contributed by atoms with Gasteiger partial charge in [-0.2, -0.15) is 0 Å². The molecule has 1 N–H and O–H groups in total. The van der Waals surface area contributed by atoms with E-state index in [0.29, 0.717) is 6.61 Å². The van der Waals surface area contributed by atoms with E-state index in [0.717, 1.165) is 45.7 Å². The van der Waals surface area contributed by atoms with E-state index in [-0.39, 0.29) is 18.3 Å². The van der Waals surface area contributed by atoms with Crippen molar-refractivity contribution in [3.05, 3.63) is 58.2 Å². The SMILES string of the molecule is Cc1cc(OCCCc2c[nH]c3c(B4OC(C)(C)C(C)(C)O4)cccc23)cc(C)c1Cl. The number of rotatable bonds is 6. The summed E-state index contributed by atoms with van der Waals surface area (Å²) < 4.78 is 18.5. The Bertz CT molecular complexity index is 1070. The monoisotopic (exact) mass is 439 g/mol. The van der Waals surface area contributed by atoms with Crippen LogP contribution in [-0.4, -0.2) is 29.9 Å². The molecule has 0 spiro atoms. The lowest BCUT2D eigenvalue weighted by Crippen LogP contribution is -2.41. The molecule has 2 aromatic carbocycles. The first kappa shape index (κ1) is 22.3. The molecule has 0 aliphatic carbocycles. The van der Waals surface area contributed by atoms with E-state index in [1.807, 2.05) is 26.0 Å². The molecule has 1 fully saturated rings. The first-order valence-corrected chi connectivity index (χ1v) is 11.3. The number of hydrogen-bond donors (Lipinski definition) is 1. The zero-order valence-electron chi connectivity index (χ0n) is 19.3. The number of ether oxygens (including phenoxy) is 1. The van der Waals surface area contributed by atoms with Crippen molar-refractivity contribution in [1.82, 2.24) is 4.98 Å². The Balaban J connectivity index is 1.44. The zero-order valence-corrected chi connectivity index (χ0v) is 20.0. The number of aromatic nitrogens is 1. The van der Waals surface area contributed by atoms with Crippen molar-refractivity contribution >= 4 is 35.1 Å². The van der Waals surface area contributed by atoms with Gasteiger partial charge in [-0.3, -0.25) is 0 Å². The molecule has 0 amide bonds. The molecule has 4 nitrogen and oxygen atoms in total. The fraction of sp³-hybridized carbons (Fsp3) is 0.440. The van der Waals surface area contributed by atoms with Crippen LogP contribution in [0.25, 0.3) is 10.9 Å². The second-order valence-corrected chi connectivity index (χ2v) is 9.87. The average Bonchev–Trinajstić information content (AvgIpc) is 3.20. The smallest absolute Gasteiger partial charge is 0.494 e. The van der Waals surface area contributed by atoms with Crippen molar-refractivity contribution in [2.45, 2.75) is 65.6 Å². The van der Waals surface area contributed by atoms with Gasteiger partial charge < -0.3 is 19.0 Å². The van der Waals surface area contributed by atoms with Crippen molar-refractivity contribution in [3.8, 4) is 5.75 Å². The highest BCUT2D eigenvalue weighted by Crippen LogP contribution is 2.37. The van der Waals surface area contributed by atoms with Crippen molar-refractivity contribution in [3.63, 3.8) is 0 Å². The van der Waals surface area contributed by atoms with Gasteiger partial charge in [-0.05, 0) is 83.2 Å². The summed E-state index contributed by atoms with van der Waals surface area (Å²) in [6, 6.07) is 10.3. The third kappa shape index (κ3) is 4.24. The Labute approximate surface area is 190 Å². The Morgan fingerprint density at radius 3 is 2.32 bits per heavy atom. The van der Waals surface area contributed by atoms with E-state index < -0.39 is 0 Å². The van der Waals surface area contributed by atoms with E-state index in [1.165, 1.54) is 10.9 Å². The molecule has 2 heterocycles. The van der Waals surface area contributed by atoms with Crippen molar-refractivity contribution < 1.29 is 14.0 Å². The molecule has 1 aliphatic heterocycles. The van der Waals surface area contributed by atoms with Crippen LogP contribution in [-0.2, 0) is 15.7 Å². The summed E-state index contributed by atoms with van der Waals surface area (Å²) in [5.41, 5.74) is 4.79. The van der Waals surface area contributed by atoms with Crippen LogP contribution in [0, 0.1) is 13.8 Å². The molecular formula is C25H31BClNO3. The third-order valence-corrected chi connectivity index (χ3v) is 7.21. The summed E-state index contributed by atoms with van der Waals surface area (Å²) >= 11 is 6.25. The van der Waals surface area contributed by atoms with Crippen LogP contribution < -0.4 is 10.2 Å². The average molecular weight is 440 g/mol. The van der Waals surface area contributed by atoms with Gasteiger partial charge in [-0.15, -0.1) is 0 Å². The molecule has 0 saturated carbocycles. The largest absolute Gasteiger partial charge is 0.497 e. The molecule has 4 rings (SSSR count). The number of para-hydroxylation sites is 1. The first-order chi connectivity index (χ1) is 14.6. The summed E-state index contributed by atoms with van der Waals surface area (Å²) in [6.45, 7) is 13.0. The molecule has 6 heteroatoms. The van der Waals surface area contributed by atoms with Gasteiger partial charge in [-0.1, -0.05) is 29.8 Å². The summed E-state index contributed by atoms with van der Waals surface area (Å²) in [6.07, 6.45) is 3.95. The van der Waals surface area contributed by atoms with E-state index in [9.17, 15) is 0 Å². The number of halogens is 1. The fourth-order valence-electron chi connectivity index (χ4n) is 4.05. The molecule has 0 bridgehead atoms. The number of fused-ring (bicyclic) bond motifs is 1. The van der Waals surface area contributed by atoms with E-state index in [1.54, 1.807) is 0 Å². The van der Waals surface area contributed by atoms with Crippen LogP contribution in [0.1, 0.15) is 50.8 Å². The second kappa shape index (κ2) is 8.20. The highest BCUT2D eigenvalue weighted by Gasteiger charge is 2.52. The minimum absolute atomic E-state index is 0.356. The predicted molar refractivity (Wildman–Crippen MR) is 129 cm³/mol. The normalized spacial score (nSPS) is 17.5. The van der Waals surface area contributed by atoms with Crippen molar-refractivity contribution in [2.24, 2.45) is 0 Å². The molecular weight excluding hydrogens is 409 g/mol. The van der Waals surface area contributed by atoms with Gasteiger partial charge in [0, 0.05) is 27.6 Å². The van der Waals surface area contributed by atoms with Crippen LogP contribution in [0.4, 0.5) is 0 Å². The molecule has 31 heavy (non-hydrogen) atoms. The molecule has 3 aromatic rings. The van der Waals surface area contributed by atoms with Gasteiger partial charge in [0.2, 0.25) is 0 Å². The number of aryl methyl sites for hydroxylation is 3. The summed E-state index contributed by atoms with van der Waals surface area (Å²) in [5.74, 6) is 0.876. The van der Waals surface area contributed by atoms with Crippen LogP contribution >= 0.6 is 11.6 Å². The maximum Gasteiger partial charge on any atom is 0.497 e. The molecule has 1 aromatic heterocycles. The number of H-pyrrole nitrogens is 1. The van der Waals surface area contributed by atoms with E-state index in [2.05, 4.69) is 57.1 Å². The standard InChI is InChI=1S/C25H31BClNO3/c1-16-13-19(14-17(2)22(16)27)29-12-8-9-18-15-28-23-20(18)10-7-11-21(23)26-30-24(3,4)25(5,6)31-26/h7,10-11,13-15,28H,8-9,12H2,1-6H3. The topological polar surface area (TPSA) is 43.5 Å². The molecule has 0 unspecified atom stereocenters. The van der Waals surface area contributed by atoms with Gasteiger partial charge in [0.15, 0.2) is 0 Å². The van der Waals surface area contributed by atoms with Crippen LogP contribution in [0.3, 0.4) is 0 Å². The number of aromatic amines is 1. The summed E-state index contributed by atoms with van der Waals surface area (Å²) in [4.78, 5) is 3.45. The van der Waals surface area contributed by atoms with Gasteiger partial charge in [0.1, 0.15) is 5.75 Å². The molecule has 164 valence electrons. The maximum atomic E-state index is 6.27. The van der Waals surface area contributed by atoms with Gasteiger partial charge >= 0.3 is 7.12 Å². The van der Waals surface area contributed by atoms with Crippen molar-refractivity contribution in [2.75, 3.05) is 6.61 Å². The van der Waals surface area contributed by atoms with Gasteiger partial charge in [0.05, 0.1) is 17.8 Å². The van der Waals surface area contributed by atoms with E-state index in [4.69, 9.17) is 25.6 Å². The minimum Gasteiger partial charge on any atom is -0.494 e. The lowest BCUT2D eigenvalue weighted by Gasteiger charge is -2.32. The highest BCUT2D eigenvalue weighted by atomic mass is 35.5. The first-order valence-electron chi connectivity index (χ1n) is 10.9. The molecule has 0 atom stereocenters. The van der Waals surface area contributed by atoms with Crippen molar-refractivity contribution in [1.29, 1.82) is 0 Å². The Kier molecular flexibility index (Phi) is 5.88. The highest BCUT2D eigenvalue weighted by molar-refractivity contribution is 6.65. The number of benzene rings is 2. The lowest BCUT2D eigenvalue weighted by molar-refractivity contribution is 0.00578. The van der Waals surface area contributed by atoms with Gasteiger partial charge in [-0.25, -0.2) is 0 Å². The summed E-state index contributed by atoms with van der Waals surface area (Å²) in [5, 5.41) is 2.02. The maximum absolute atomic E-state index is 6.27. The fourth-order valence-corrected chi connectivity index (χ4v) is 4.16. The third-order valence-electron chi connectivity index (χ3n) is 6.61. The van der Waals surface area contributed by atoms with Crippen LogP contribution in [0.2, 0.25) is 5.02 Å². The van der Waals surface area contributed by atoms with Crippen LogP contribution in [0.15, 0.2) is 36.5 Å².